The van der Waals surface area contributed by atoms with Crippen molar-refractivity contribution in [1.29, 1.82) is 0 Å². The number of aromatic amines is 1. The number of aryl methyl sites for hydroxylation is 2. The molecule has 0 spiro atoms. The molecule has 9 heteroatoms. The van der Waals surface area contributed by atoms with Gasteiger partial charge in [-0.05, 0) is 6.42 Å². The zero-order valence-corrected chi connectivity index (χ0v) is 12.0. The van der Waals surface area contributed by atoms with Crippen LogP contribution in [0.5, 0.6) is 0 Å². The number of anilines is 1. The van der Waals surface area contributed by atoms with Gasteiger partial charge in [-0.3, -0.25) is 24.9 Å². The molecule has 2 rings (SSSR count). The van der Waals surface area contributed by atoms with E-state index in [0.29, 0.717) is 24.5 Å². The molecule has 0 aliphatic heterocycles. The standard InChI is InChI=1S/C12H16N6O3/c1-4-5-8-10(18(20)21)9(15-14-8)11(19)17(3)12-13-6-7-16(12)2/h6-7H,4-5H2,1-3H3,(H,14,15). The summed E-state index contributed by atoms with van der Waals surface area (Å²) in [6.45, 7) is 1.89. The van der Waals surface area contributed by atoms with Gasteiger partial charge in [0.05, 0.1) is 4.92 Å². The van der Waals surface area contributed by atoms with Crippen molar-refractivity contribution in [2.75, 3.05) is 11.9 Å². The maximum atomic E-state index is 12.4. The van der Waals surface area contributed by atoms with Crippen LogP contribution >= 0.6 is 0 Å². The van der Waals surface area contributed by atoms with Crippen LogP contribution in [0, 0.1) is 10.1 Å². The minimum atomic E-state index is -0.575. The van der Waals surface area contributed by atoms with Crippen molar-refractivity contribution in [3.63, 3.8) is 0 Å². The van der Waals surface area contributed by atoms with Crippen molar-refractivity contribution in [1.82, 2.24) is 19.7 Å². The lowest BCUT2D eigenvalue weighted by molar-refractivity contribution is -0.385. The smallest absolute Gasteiger partial charge is 0.320 e. The molecule has 2 heterocycles. The molecule has 0 saturated heterocycles. The number of H-pyrrole nitrogens is 1. The third kappa shape index (κ3) is 2.62. The van der Waals surface area contributed by atoms with E-state index in [-0.39, 0.29) is 11.4 Å². The fourth-order valence-corrected chi connectivity index (χ4v) is 2.07. The highest BCUT2D eigenvalue weighted by Crippen LogP contribution is 2.24. The van der Waals surface area contributed by atoms with Gasteiger partial charge in [0.25, 0.3) is 5.91 Å². The van der Waals surface area contributed by atoms with Crippen LogP contribution in [0.25, 0.3) is 0 Å². The third-order valence-corrected chi connectivity index (χ3v) is 3.10. The van der Waals surface area contributed by atoms with E-state index in [1.165, 1.54) is 11.9 Å². The van der Waals surface area contributed by atoms with Gasteiger partial charge in [-0.2, -0.15) is 5.10 Å². The van der Waals surface area contributed by atoms with Crippen molar-refractivity contribution in [2.24, 2.45) is 7.05 Å². The van der Waals surface area contributed by atoms with Crippen molar-refractivity contribution in [2.45, 2.75) is 19.8 Å². The van der Waals surface area contributed by atoms with Gasteiger partial charge in [-0.1, -0.05) is 13.3 Å². The number of hydrogen-bond donors (Lipinski definition) is 1. The van der Waals surface area contributed by atoms with E-state index in [1.807, 2.05) is 6.92 Å². The summed E-state index contributed by atoms with van der Waals surface area (Å²) in [5.74, 6) is -0.191. The van der Waals surface area contributed by atoms with Crippen LogP contribution in [0.3, 0.4) is 0 Å². The van der Waals surface area contributed by atoms with Gasteiger partial charge in [0.1, 0.15) is 5.69 Å². The quantitative estimate of drug-likeness (QED) is 0.659. The van der Waals surface area contributed by atoms with E-state index in [2.05, 4.69) is 15.2 Å². The number of nitro groups is 1. The molecule has 0 radical (unpaired) electrons. The van der Waals surface area contributed by atoms with Gasteiger partial charge in [-0.15, -0.1) is 0 Å². The second-order valence-electron chi connectivity index (χ2n) is 4.61. The second kappa shape index (κ2) is 5.73. The Hall–Kier alpha value is -2.71. The number of nitrogens with zero attached hydrogens (tertiary/aromatic N) is 5. The number of amides is 1. The molecule has 9 nitrogen and oxygen atoms in total. The lowest BCUT2D eigenvalue weighted by Gasteiger charge is -2.14. The average Bonchev–Trinajstić information content (AvgIpc) is 3.04. The van der Waals surface area contributed by atoms with Crippen LogP contribution in [0.1, 0.15) is 29.5 Å². The Morgan fingerprint density at radius 1 is 1.57 bits per heavy atom. The molecule has 21 heavy (non-hydrogen) atoms. The Labute approximate surface area is 120 Å². The van der Waals surface area contributed by atoms with Gasteiger partial charge >= 0.3 is 5.69 Å². The monoisotopic (exact) mass is 292 g/mol. The van der Waals surface area contributed by atoms with Crippen LogP contribution in [0.4, 0.5) is 11.6 Å². The molecule has 0 bridgehead atoms. The van der Waals surface area contributed by atoms with Gasteiger partial charge in [-0.25, -0.2) is 4.98 Å². The Bertz CT molecular complexity index is 674. The van der Waals surface area contributed by atoms with Gasteiger partial charge in [0.15, 0.2) is 0 Å². The van der Waals surface area contributed by atoms with Crippen LogP contribution in [-0.2, 0) is 13.5 Å². The molecule has 1 amide bonds. The van der Waals surface area contributed by atoms with Gasteiger partial charge < -0.3 is 4.57 Å². The number of carbonyl (C=O) groups excluding carboxylic acids is 1. The first-order chi connectivity index (χ1) is 9.97. The molecule has 112 valence electrons. The maximum absolute atomic E-state index is 12.4. The number of imidazole rings is 1. The largest absolute Gasteiger partial charge is 0.322 e. The topological polar surface area (TPSA) is 110 Å². The Morgan fingerprint density at radius 3 is 2.81 bits per heavy atom. The molecule has 0 fully saturated rings. The summed E-state index contributed by atoms with van der Waals surface area (Å²) in [7, 11) is 3.23. The minimum Gasteiger partial charge on any atom is -0.320 e. The number of rotatable bonds is 5. The molecule has 0 atom stereocenters. The minimum absolute atomic E-state index is 0.200. The van der Waals surface area contributed by atoms with Crippen molar-refractivity contribution >= 4 is 17.5 Å². The summed E-state index contributed by atoms with van der Waals surface area (Å²) in [5, 5.41) is 17.6. The molecule has 0 aromatic carbocycles. The predicted octanol–water partition coefficient (Wildman–Crippen LogP) is 1.28. The van der Waals surface area contributed by atoms with Crippen molar-refractivity contribution in [3.05, 3.63) is 33.9 Å². The number of hydrogen-bond acceptors (Lipinski definition) is 5. The fraction of sp³-hybridized carbons (Fsp3) is 0.417. The van der Waals surface area contributed by atoms with E-state index < -0.39 is 10.8 Å². The number of carbonyl (C=O) groups is 1. The summed E-state index contributed by atoms with van der Waals surface area (Å²) in [6.07, 6.45) is 4.40. The summed E-state index contributed by atoms with van der Waals surface area (Å²) in [4.78, 5) is 28.3. The Morgan fingerprint density at radius 2 is 2.29 bits per heavy atom. The van der Waals surface area contributed by atoms with E-state index in [9.17, 15) is 14.9 Å². The SMILES string of the molecule is CCCc1[nH]nc(C(=O)N(C)c2nccn2C)c1[N+](=O)[O-]. The normalized spacial score (nSPS) is 10.6. The van der Waals surface area contributed by atoms with E-state index in [1.54, 1.807) is 24.0 Å². The first-order valence-corrected chi connectivity index (χ1v) is 6.44. The Kier molecular flexibility index (Phi) is 4.01. The second-order valence-corrected chi connectivity index (χ2v) is 4.61. The predicted molar refractivity (Wildman–Crippen MR) is 75.2 cm³/mol. The third-order valence-electron chi connectivity index (χ3n) is 3.10. The van der Waals surface area contributed by atoms with E-state index >= 15 is 0 Å². The molecule has 0 aliphatic rings. The molecule has 0 unspecified atom stereocenters. The van der Waals surface area contributed by atoms with Crippen molar-refractivity contribution < 1.29 is 9.72 Å². The number of aromatic nitrogens is 4. The maximum Gasteiger partial charge on any atom is 0.322 e. The van der Waals surface area contributed by atoms with Gasteiger partial charge in [0, 0.05) is 26.5 Å². The highest BCUT2D eigenvalue weighted by Gasteiger charge is 2.31. The molecule has 0 aliphatic carbocycles. The van der Waals surface area contributed by atoms with Crippen molar-refractivity contribution in [3.8, 4) is 0 Å². The average molecular weight is 292 g/mol. The highest BCUT2D eigenvalue weighted by molar-refractivity contribution is 6.06. The summed E-state index contributed by atoms with van der Waals surface area (Å²) in [5.41, 5.74) is -0.101. The number of nitrogens with one attached hydrogen (secondary N) is 1. The van der Waals surface area contributed by atoms with Crippen LogP contribution in [-0.4, -0.2) is 37.6 Å². The zero-order chi connectivity index (χ0) is 15.6. The highest BCUT2D eigenvalue weighted by atomic mass is 16.6. The first-order valence-electron chi connectivity index (χ1n) is 6.44. The van der Waals surface area contributed by atoms with Gasteiger partial charge in [0.2, 0.25) is 11.6 Å². The first kappa shape index (κ1) is 14.7. The molecule has 2 aromatic heterocycles. The lowest BCUT2D eigenvalue weighted by Crippen LogP contribution is -2.29. The summed E-state index contributed by atoms with van der Waals surface area (Å²) < 4.78 is 1.64. The zero-order valence-electron chi connectivity index (χ0n) is 12.0. The van der Waals surface area contributed by atoms with Crippen LogP contribution in [0.2, 0.25) is 0 Å². The van der Waals surface area contributed by atoms with Crippen LogP contribution in [0.15, 0.2) is 12.4 Å². The lowest BCUT2D eigenvalue weighted by atomic mass is 10.2. The fourth-order valence-electron chi connectivity index (χ4n) is 2.07. The molecular weight excluding hydrogens is 276 g/mol. The van der Waals surface area contributed by atoms with Crippen LogP contribution < -0.4 is 4.90 Å². The Balaban J connectivity index is 2.40. The summed E-state index contributed by atoms with van der Waals surface area (Å²) >= 11 is 0. The molecule has 1 N–H and O–H groups in total. The molecule has 2 aromatic rings. The molecule has 0 saturated carbocycles. The van der Waals surface area contributed by atoms with E-state index in [0.717, 1.165) is 0 Å². The summed E-state index contributed by atoms with van der Waals surface area (Å²) in [6, 6.07) is 0. The molecular formula is C12H16N6O3. The van der Waals surface area contributed by atoms with E-state index in [4.69, 9.17) is 0 Å².